The molecule has 0 bridgehead atoms. The zero-order valence-electron chi connectivity index (χ0n) is 9.43. The quantitative estimate of drug-likeness (QED) is 0.756. The number of aryl methyl sites for hydroxylation is 1. The van der Waals surface area contributed by atoms with Gasteiger partial charge in [-0.2, -0.15) is 4.31 Å². The van der Waals surface area contributed by atoms with E-state index in [1.165, 1.54) is 15.6 Å². The number of hydrogen-bond acceptors (Lipinski definition) is 3. The second-order valence-electron chi connectivity index (χ2n) is 3.21. The van der Waals surface area contributed by atoms with Crippen LogP contribution in [0.1, 0.15) is 18.7 Å². The first-order valence-corrected chi connectivity index (χ1v) is 7.34. The SMILES string of the molecule is C#CCN(CC)S(=O)(=O)c1ccc(CC)s1. The van der Waals surface area contributed by atoms with E-state index in [2.05, 4.69) is 5.92 Å². The van der Waals surface area contributed by atoms with E-state index in [4.69, 9.17) is 6.42 Å². The average Bonchev–Trinajstić information content (AvgIpc) is 2.74. The third-order valence-corrected chi connectivity index (χ3v) is 5.82. The molecule has 5 heteroatoms. The standard InChI is InChI=1S/C11H15NO2S2/c1-4-9-12(6-3)16(13,14)11-8-7-10(5-2)15-11/h1,7-8H,5-6,9H2,2-3H3. The second kappa shape index (κ2) is 5.48. The van der Waals surface area contributed by atoms with Crippen LogP contribution >= 0.6 is 11.3 Å². The topological polar surface area (TPSA) is 37.4 Å². The minimum atomic E-state index is -3.39. The highest BCUT2D eigenvalue weighted by Gasteiger charge is 2.23. The predicted octanol–water partition coefficient (Wildman–Crippen LogP) is 1.95. The van der Waals surface area contributed by atoms with Crippen molar-refractivity contribution in [2.75, 3.05) is 13.1 Å². The Morgan fingerprint density at radius 2 is 2.12 bits per heavy atom. The van der Waals surface area contributed by atoms with E-state index in [1.54, 1.807) is 13.0 Å². The first kappa shape index (κ1) is 13.2. The molecule has 16 heavy (non-hydrogen) atoms. The fourth-order valence-corrected chi connectivity index (χ4v) is 4.10. The highest BCUT2D eigenvalue weighted by molar-refractivity contribution is 7.91. The molecule has 0 atom stereocenters. The lowest BCUT2D eigenvalue weighted by Gasteiger charge is -2.16. The number of sulfonamides is 1. The predicted molar refractivity (Wildman–Crippen MR) is 67.0 cm³/mol. The number of rotatable bonds is 5. The Morgan fingerprint density at radius 3 is 2.56 bits per heavy atom. The Bertz CT molecular complexity index is 482. The minimum Gasteiger partial charge on any atom is -0.206 e. The molecule has 0 fully saturated rings. The van der Waals surface area contributed by atoms with Gasteiger partial charge in [-0.3, -0.25) is 0 Å². The molecule has 0 aliphatic rings. The first-order chi connectivity index (χ1) is 7.56. The highest BCUT2D eigenvalue weighted by Crippen LogP contribution is 2.24. The lowest BCUT2D eigenvalue weighted by molar-refractivity contribution is 0.466. The van der Waals surface area contributed by atoms with Gasteiger partial charge in [0.05, 0.1) is 6.54 Å². The summed E-state index contributed by atoms with van der Waals surface area (Å²) in [6, 6.07) is 3.50. The molecule has 0 aromatic carbocycles. The van der Waals surface area contributed by atoms with Gasteiger partial charge in [0.25, 0.3) is 10.0 Å². The van der Waals surface area contributed by atoms with Gasteiger partial charge in [0.15, 0.2) is 0 Å². The van der Waals surface area contributed by atoms with Gasteiger partial charge >= 0.3 is 0 Å². The molecular weight excluding hydrogens is 242 g/mol. The average molecular weight is 257 g/mol. The maximum Gasteiger partial charge on any atom is 0.253 e. The smallest absolute Gasteiger partial charge is 0.206 e. The summed E-state index contributed by atoms with van der Waals surface area (Å²) in [5, 5.41) is 0. The van der Waals surface area contributed by atoms with Crippen LogP contribution in [0.5, 0.6) is 0 Å². The van der Waals surface area contributed by atoms with Crippen molar-refractivity contribution in [2.24, 2.45) is 0 Å². The highest BCUT2D eigenvalue weighted by atomic mass is 32.2. The van der Waals surface area contributed by atoms with Gasteiger partial charge in [0.2, 0.25) is 0 Å². The second-order valence-corrected chi connectivity index (χ2v) is 6.54. The van der Waals surface area contributed by atoms with Crippen molar-refractivity contribution in [3.05, 3.63) is 17.0 Å². The van der Waals surface area contributed by atoms with E-state index in [-0.39, 0.29) is 6.54 Å². The monoisotopic (exact) mass is 257 g/mol. The van der Waals surface area contributed by atoms with Crippen LogP contribution in [0.2, 0.25) is 0 Å². The van der Waals surface area contributed by atoms with Gasteiger partial charge < -0.3 is 0 Å². The number of terminal acetylenes is 1. The number of nitrogens with zero attached hydrogens (tertiary/aromatic N) is 1. The molecule has 0 radical (unpaired) electrons. The molecule has 1 aromatic rings. The third-order valence-electron chi connectivity index (χ3n) is 2.20. The summed E-state index contributed by atoms with van der Waals surface area (Å²) in [4.78, 5) is 1.07. The van der Waals surface area contributed by atoms with Crippen molar-refractivity contribution < 1.29 is 8.42 Å². The number of hydrogen-bond donors (Lipinski definition) is 0. The molecule has 0 saturated heterocycles. The van der Waals surface area contributed by atoms with Gasteiger partial charge in [0.1, 0.15) is 4.21 Å². The molecule has 0 unspecified atom stereocenters. The van der Waals surface area contributed by atoms with Gasteiger partial charge in [-0.05, 0) is 18.6 Å². The molecule has 0 amide bonds. The van der Waals surface area contributed by atoms with E-state index in [0.29, 0.717) is 10.8 Å². The fraction of sp³-hybridized carbons (Fsp3) is 0.455. The fourth-order valence-electron chi connectivity index (χ4n) is 1.28. The molecule has 0 spiro atoms. The molecule has 0 saturated carbocycles. The van der Waals surface area contributed by atoms with Crippen LogP contribution in [0, 0.1) is 12.3 Å². The molecule has 0 aliphatic heterocycles. The Labute approximate surface area is 101 Å². The van der Waals surface area contributed by atoms with Gasteiger partial charge in [-0.15, -0.1) is 17.8 Å². The largest absolute Gasteiger partial charge is 0.253 e. The zero-order valence-corrected chi connectivity index (χ0v) is 11.1. The van der Waals surface area contributed by atoms with E-state index >= 15 is 0 Å². The van der Waals surface area contributed by atoms with E-state index < -0.39 is 10.0 Å². The van der Waals surface area contributed by atoms with Crippen molar-refractivity contribution in [3.8, 4) is 12.3 Å². The Hall–Kier alpha value is -0.830. The maximum atomic E-state index is 12.1. The molecule has 88 valence electrons. The van der Waals surface area contributed by atoms with Crippen LogP contribution in [-0.4, -0.2) is 25.8 Å². The Morgan fingerprint density at radius 1 is 1.44 bits per heavy atom. The van der Waals surface area contributed by atoms with E-state index in [0.717, 1.165) is 11.3 Å². The van der Waals surface area contributed by atoms with Crippen LogP contribution in [-0.2, 0) is 16.4 Å². The maximum absolute atomic E-state index is 12.1. The first-order valence-electron chi connectivity index (χ1n) is 5.08. The van der Waals surface area contributed by atoms with Crippen LogP contribution in [0.3, 0.4) is 0 Å². The molecular formula is C11H15NO2S2. The lowest BCUT2D eigenvalue weighted by Crippen LogP contribution is -2.30. The van der Waals surface area contributed by atoms with E-state index in [9.17, 15) is 8.42 Å². The number of thiophene rings is 1. The van der Waals surface area contributed by atoms with Crippen LogP contribution in [0.25, 0.3) is 0 Å². The van der Waals surface area contributed by atoms with Crippen molar-refractivity contribution in [1.82, 2.24) is 4.31 Å². The molecule has 1 aromatic heterocycles. The molecule has 1 heterocycles. The third kappa shape index (κ3) is 2.64. The van der Waals surface area contributed by atoms with Crippen LogP contribution in [0.4, 0.5) is 0 Å². The summed E-state index contributed by atoms with van der Waals surface area (Å²) in [5.74, 6) is 2.37. The van der Waals surface area contributed by atoms with Gasteiger partial charge in [0, 0.05) is 11.4 Å². The molecule has 0 aliphatic carbocycles. The molecule has 3 nitrogen and oxygen atoms in total. The lowest BCUT2D eigenvalue weighted by atomic mass is 10.4. The Kier molecular flexibility index (Phi) is 4.54. The van der Waals surface area contributed by atoms with Crippen LogP contribution in [0.15, 0.2) is 16.3 Å². The molecule has 0 N–H and O–H groups in total. The zero-order chi connectivity index (χ0) is 12.2. The van der Waals surface area contributed by atoms with Crippen molar-refractivity contribution in [1.29, 1.82) is 0 Å². The summed E-state index contributed by atoms with van der Waals surface area (Å²) >= 11 is 1.31. The summed E-state index contributed by atoms with van der Waals surface area (Å²) in [7, 11) is -3.39. The van der Waals surface area contributed by atoms with Gasteiger partial charge in [-0.1, -0.05) is 19.8 Å². The summed E-state index contributed by atoms with van der Waals surface area (Å²) in [6.07, 6.45) is 6.01. The van der Waals surface area contributed by atoms with E-state index in [1.807, 2.05) is 13.0 Å². The summed E-state index contributed by atoms with van der Waals surface area (Å²) in [6.45, 7) is 4.30. The van der Waals surface area contributed by atoms with Gasteiger partial charge in [-0.25, -0.2) is 8.42 Å². The van der Waals surface area contributed by atoms with Crippen molar-refractivity contribution >= 4 is 21.4 Å². The normalized spacial score (nSPS) is 11.6. The Balaban J connectivity index is 3.05. The summed E-state index contributed by atoms with van der Waals surface area (Å²) in [5.41, 5.74) is 0. The van der Waals surface area contributed by atoms with Crippen molar-refractivity contribution in [3.63, 3.8) is 0 Å². The minimum absolute atomic E-state index is 0.123. The summed E-state index contributed by atoms with van der Waals surface area (Å²) < 4.78 is 25.9. The molecule has 1 rings (SSSR count). The van der Waals surface area contributed by atoms with Crippen molar-refractivity contribution in [2.45, 2.75) is 24.5 Å². The van der Waals surface area contributed by atoms with Crippen LogP contribution < -0.4 is 0 Å².